The maximum Gasteiger partial charge on any atom is 0.343 e. The molecule has 0 bridgehead atoms. The maximum atomic E-state index is 12.5. The van der Waals surface area contributed by atoms with Crippen LogP contribution in [0.1, 0.15) is 22.8 Å². The zero-order valence-electron chi connectivity index (χ0n) is 17.1. The second-order valence-electron chi connectivity index (χ2n) is 6.38. The predicted molar refractivity (Wildman–Crippen MR) is 119 cm³/mol. The molecule has 1 aliphatic rings. The molecule has 0 radical (unpaired) electrons. The second kappa shape index (κ2) is 10.3. The van der Waals surface area contributed by atoms with E-state index in [0.717, 1.165) is 4.90 Å². The molecule has 2 amide bonds. The Kier molecular flexibility index (Phi) is 7.55. The number of hydrogen-bond acceptors (Lipinski definition) is 8. The van der Waals surface area contributed by atoms with Gasteiger partial charge >= 0.3 is 11.9 Å². The van der Waals surface area contributed by atoms with Crippen LogP contribution in [-0.4, -0.2) is 48.2 Å². The first-order valence-corrected chi connectivity index (χ1v) is 10.6. The maximum absolute atomic E-state index is 12.5. The lowest BCUT2D eigenvalue weighted by atomic mass is 10.1. The van der Waals surface area contributed by atoms with Gasteiger partial charge in [-0.3, -0.25) is 19.3 Å². The van der Waals surface area contributed by atoms with Crippen molar-refractivity contribution in [2.24, 2.45) is 0 Å². The van der Waals surface area contributed by atoms with E-state index >= 15 is 0 Å². The van der Waals surface area contributed by atoms with Crippen molar-refractivity contribution < 1.29 is 33.4 Å². The number of methoxy groups -OCH3 is 1. The molecule has 0 aromatic heterocycles. The number of carbonyl (C=O) groups is 4. The van der Waals surface area contributed by atoms with E-state index in [2.05, 4.69) is 0 Å². The molecular weight excluding hydrogens is 458 g/mol. The summed E-state index contributed by atoms with van der Waals surface area (Å²) in [5.74, 6) is -1.50. The van der Waals surface area contributed by atoms with E-state index in [1.165, 1.54) is 25.3 Å². The highest BCUT2D eigenvalue weighted by Crippen LogP contribution is 2.34. The molecule has 0 aliphatic carbocycles. The van der Waals surface area contributed by atoms with Crippen molar-refractivity contribution in [1.29, 1.82) is 0 Å². The van der Waals surface area contributed by atoms with E-state index in [1.807, 2.05) is 0 Å². The average molecular weight is 476 g/mol. The predicted octanol–water partition coefficient (Wildman–Crippen LogP) is 4.17. The number of halogens is 1. The van der Waals surface area contributed by atoms with Gasteiger partial charge in [0, 0.05) is 5.02 Å². The van der Waals surface area contributed by atoms with Crippen LogP contribution in [0.3, 0.4) is 0 Å². The van der Waals surface area contributed by atoms with E-state index in [1.54, 1.807) is 37.3 Å². The lowest BCUT2D eigenvalue weighted by molar-refractivity contribution is -0.145. The van der Waals surface area contributed by atoms with Gasteiger partial charge in [-0.2, -0.15) is 0 Å². The van der Waals surface area contributed by atoms with Gasteiger partial charge in [0.1, 0.15) is 6.54 Å². The summed E-state index contributed by atoms with van der Waals surface area (Å²) in [6, 6.07) is 11.0. The minimum atomic E-state index is -0.671. The lowest BCUT2D eigenvalue weighted by Gasteiger charge is -2.11. The molecule has 0 N–H and O–H groups in total. The van der Waals surface area contributed by atoms with Crippen molar-refractivity contribution in [2.75, 3.05) is 20.3 Å². The van der Waals surface area contributed by atoms with Crippen LogP contribution < -0.4 is 9.47 Å². The molecule has 1 saturated heterocycles. The van der Waals surface area contributed by atoms with E-state index in [4.69, 9.17) is 25.8 Å². The topological polar surface area (TPSA) is 99.2 Å². The molecule has 0 unspecified atom stereocenters. The van der Waals surface area contributed by atoms with Crippen LogP contribution >= 0.6 is 23.4 Å². The summed E-state index contributed by atoms with van der Waals surface area (Å²) in [5, 5.41) is -0.186. The normalized spacial score (nSPS) is 14.6. The third-order valence-corrected chi connectivity index (χ3v) is 5.36. The van der Waals surface area contributed by atoms with Gasteiger partial charge in [0.05, 0.1) is 24.2 Å². The number of rotatable bonds is 7. The van der Waals surface area contributed by atoms with Crippen LogP contribution in [0.25, 0.3) is 6.08 Å². The minimum Gasteiger partial charge on any atom is -0.493 e. The molecular formula is C22H18ClNO7S. The number of ether oxygens (including phenoxy) is 3. The zero-order chi connectivity index (χ0) is 23.3. The van der Waals surface area contributed by atoms with Gasteiger partial charge in [0.15, 0.2) is 11.5 Å². The van der Waals surface area contributed by atoms with Gasteiger partial charge < -0.3 is 14.2 Å². The number of benzene rings is 2. The van der Waals surface area contributed by atoms with Crippen LogP contribution in [0, 0.1) is 0 Å². The van der Waals surface area contributed by atoms with Gasteiger partial charge in [-0.15, -0.1) is 0 Å². The number of nitrogens with zero attached hydrogens (tertiary/aromatic N) is 1. The molecule has 3 rings (SSSR count). The van der Waals surface area contributed by atoms with E-state index in [9.17, 15) is 19.2 Å². The highest BCUT2D eigenvalue weighted by Gasteiger charge is 2.36. The summed E-state index contributed by atoms with van der Waals surface area (Å²) in [4.78, 5) is 49.8. The van der Waals surface area contributed by atoms with Crippen molar-refractivity contribution >= 4 is 52.5 Å². The summed E-state index contributed by atoms with van der Waals surface area (Å²) in [6.45, 7) is 1.32. The summed E-state index contributed by atoms with van der Waals surface area (Å²) < 4.78 is 15.5. The van der Waals surface area contributed by atoms with Gasteiger partial charge in [-0.05, 0) is 60.7 Å². The van der Waals surface area contributed by atoms with Gasteiger partial charge in [0.25, 0.3) is 11.1 Å². The van der Waals surface area contributed by atoms with Gasteiger partial charge in [-0.1, -0.05) is 23.7 Å². The van der Waals surface area contributed by atoms with E-state index < -0.39 is 29.6 Å². The van der Waals surface area contributed by atoms with Crippen LogP contribution in [0.2, 0.25) is 5.02 Å². The average Bonchev–Trinajstić information content (AvgIpc) is 3.01. The highest BCUT2D eigenvalue weighted by molar-refractivity contribution is 8.18. The summed E-state index contributed by atoms with van der Waals surface area (Å²) in [5.41, 5.74) is 0.742. The number of carbonyl (C=O) groups excluding carboxylic acids is 4. The minimum absolute atomic E-state index is 0.122. The first-order valence-electron chi connectivity index (χ1n) is 9.39. The second-order valence-corrected chi connectivity index (χ2v) is 7.81. The molecule has 32 heavy (non-hydrogen) atoms. The fourth-order valence-electron chi connectivity index (χ4n) is 2.76. The van der Waals surface area contributed by atoms with Crippen LogP contribution in [0.4, 0.5) is 4.79 Å². The first-order chi connectivity index (χ1) is 15.3. The monoisotopic (exact) mass is 475 g/mol. The number of amides is 2. The Balaban J connectivity index is 1.82. The molecule has 0 saturated carbocycles. The van der Waals surface area contributed by atoms with Crippen LogP contribution in [0.15, 0.2) is 47.4 Å². The summed E-state index contributed by atoms with van der Waals surface area (Å²) in [6.07, 6.45) is 1.46. The fraction of sp³-hybridized carbons (Fsp3) is 0.182. The summed E-state index contributed by atoms with van der Waals surface area (Å²) in [7, 11) is 1.42. The molecule has 8 nitrogen and oxygen atoms in total. The molecule has 1 aliphatic heterocycles. The third-order valence-electron chi connectivity index (χ3n) is 4.21. The Bertz CT molecular complexity index is 1120. The van der Waals surface area contributed by atoms with Gasteiger partial charge in [-0.25, -0.2) is 4.79 Å². The number of hydrogen-bond donors (Lipinski definition) is 0. The number of esters is 2. The van der Waals surface area contributed by atoms with Crippen molar-refractivity contribution in [2.45, 2.75) is 6.92 Å². The molecule has 2 aromatic carbocycles. The molecule has 0 atom stereocenters. The molecule has 10 heteroatoms. The Labute approximate surface area is 193 Å². The van der Waals surface area contributed by atoms with E-state index in [-0.39, 0.29) is 22.8 Å². The molecule has 1 fully saturated rings. The molecule has 0 spiro atoms. The standard InChI is InChI=1S/C22H18ClNO7S/c1-3-30-19(25)12-24-20(26)18(32-22(24)28)10-13-7-8-16(29-2)17(9-13)31-21(27)14-5-4-6-15(23)11-14/h4-11H,3,12H2,1-2H3/b18-10-. The Morgan fingerprint density at radius 2 is 1.91 bits per heavy atom. The molecule has 2 aromatic rings. The van der Waals surface area contributed by atoms with E-state index in [0.29, 0.717) is 28.1 Å². The SMILES string of the molecule is CCOC(=O)CN1C(=O)S/C(=C\c2ccc(OC)c(OC(=O)c3cccc(Cl)c3)c2)C1=O. The zero-order valence-corrected chi connectivity index (χ0v) is 18.7. The smallest absolute Gasteiger partial charge is 0.343 e. The van der Waals surface area contributed by atoms with Crippen LogP contribution in [0.5, 0.6) is 11.5 Å². The lowest BCUT2D eigenvalue weighted by Crippen LogP contribution is -2.34. The Morgan fingerprint density at radius 3 is 2.59 bits per heavy atom. The number of imide groups is 1. The highest BCUT2D eigenvalue weighted by atomic mass is 35.5. The van der Waals surface area contributed by atoms with Crippen LogP contribution in [-0.2, 0) is 14.3 Å². The largest absolute Gasteiger partial charge is 0.493 e. The third kappa shape index (κ3) is 5.49. The molecule has 166 valence electrons. The number of thioether (sulfide) groups is 1. The van der Waals surface area contributed by atoms with Crippen molar-refractivity contribution in [3.05, 3.63) is 63.5 Å². The Morgan fingerprint density at radius 1 is 1.12 bits per heavy atom. The quantitative estimate of drug-likeness (QED) is 0.334. The Hall–Kier alpha value is -3.30. The fourth-order valence-corrected chi connectivity index (χ4v) is 3.79. The van der Waals surface area contributed by atoms with Crippen molar-refractivity contribution in [3.63, 3.8) is 0 Å². The van der Waals surface area contributed by atoms with Crippen molar-refractivity contribution in [3.8, 4) is 11.5 Å². The summed E-state index contributed by atoms with van der Waals surface area (Å²) >= 11 is 6.62. The van der Waals surface area contributed by atoms with Gasteiger partial charge in [0.2, 0.25) is 0 Å². The van der Waals surface area contributed by atoms with Crippen molar-refractivity contribution in [1.82, 2.24) is 4.90 Å². The first kappa shape index (κ1) is 23.4. The molecule has 1 heterocycles.